The molecule has 16 heteroatoms. The van der Waals surface area contributed by atoms with E-state index in [1.54, 1.807) is 26.0 Å². The van der Waals surface area contributed by atoms with E-state index in [2.05, 4.69) is 10.3 Å². The van der Waals surface area contributed by atoms with Crippen LogP contribution in [0.25, 0.3) is 33.8 Å². The molecule has 290 valence electrons. The number of nitrogens with zero attached hydrogens (tertiary/aromatic N) is 4. The lowest BCUT2D eigenvalue weighted by molar-refractivity contribution is -0.192. The van der Waals surface area contributed by atoms with E-state index in [-0.39, 0.29) is 71.5 Å². The van der Waals surface area contributed by atoms with E-state index in [1.807, 2.05) is 60.7 Å². The molecular formula is C40H36Cl2N4O10. The summed E-state index contributed by atoms with van der Waals surface area (Å²) in [6, 6.07) is 20.6. The largest absolute Gasteiger partial charge is 0.450 e. The summed E-state index contributed by atoms with van der Waals surface area (Å²) in [5, 5.41) is 9.06. The molecule has 2 aromatic heterocycles. The summed E-state index contributed by atoms with van der Waals surface area (Å²) in [4.78, 5) is 58.5. The van der Waals surface area contributed by atoms with Crippen molar-refractivity contribution in [1.82, 2.24) is 20.1 Å². The van der Waals surface area contributed by atoms with Crippen molar-refractivity contribution >= 4 is 58.5 Å². The quantitative estimate of drug-likeness (QED) is 0.0956. The number of rotatable bonds is 8. The van der Waals surface area contributed by atoms with Crippen LogP contribution >= 0.6 is 23.2 Å². The Morgan fingerprint density at radius 2 is 1.07 bits per heavy atom. The molecule has 2 amide bonds. The van der Waals surface area contributed by atoms with Crippen LogP contribution in [0.4, 0.5) is 9.59 Å². The highest BCUT2D eigenvalue weighted by Crippen LogP contribution is 2.55. The fourth-order valence-electron chi connectivity index (χ4n) is 8.35. The summed E-state index contributed by atoms with van der Waals surface area (Å²) in [6.07, 6.45) is -0.331. The number of hydrogen-bond donors (Lipinski definition) is 0. The molecule has 4 bridgehead atoms. The predicted octanol–water partition coefficient (Wildman–Crippen LogP) is 8.12. The summed E-state index contributed by atoms with van der Waals surface area (Å²) in [6.45, 7) is 3.35. The van der Waals surface area contributed by atoms with Crippen molar-refractivity contribution in [3.05, 3.63) is 94.2 Å². The molecule has 0 N–H and O–H groups in total. The number of carbonyl (C=O) groups is 4. The average Bonchev–Trinajstić information content (AvgIpc) is 3.98. The van der Waals surface area contributed by atoms with Crippen LogP contribution in [0.3, 0.4) is 0 Å². The monoisotopic (exact) mass is 802 g/mol. The molecule has 4 aliphatic rings. The first-order chi connectivity index (χ1) is 27.1. The summed E-state index contributed by atoms with van der Waals surface area (Å²) >= 11 is 13.9. The van der Waals surface area contributed by atoms with Crippen LogP contribution in [0.2, 0.25) is 0 Å². The highest BCUT2D eigenvalue weighted by Gasteiger charge is 2.63. The van der Waals surface area contributed by atoms with Gasteiger partial charge in [0.25, 0.3) is 0 Å². The zero-order chi connectivity index (χ0) is 39.2. The highest BCUT2D eigenvalue weighted by molar-refractivity contribution is 6.34. The Balaban J connectivity index is 1.17. The zero-order valence-electron chi connectivity index (χ0n) is 30.4. The summed E-state index contributed by atoms with van der Waals surface area (Å²) in [5.74, 6) is -2.15. The summed E-state index contributed by atoms with van der Waals surface area (Å²) in [7, 11) is 0. The minimum Gasteiger partial charge on any atom is -0.450 e. The third-order valence-electron chi connectivity index (χ3n) is 10.6. The molecule has 0 radical (unpaired) electrons. The van der Waals surface area contributed by atoms with Crippen LogP contribution in [-0.2, 0) is 28.5 Å². The molecule has 8 rings (SSSR count). The Kier molecular flexibility index (Phi) is 9.87. The van der Waals surface area contributed by atoms with Gasteiger partial charge in [0.2, 0.25) is 11.4 Å². The summed E-state index contributed by atoms with van der Waals surface area (Å²) in [5.41, 5.74) is -1.72. The van der Waals surface area contributed by atoms with E-state index in [1.165, 1.54) is 9.80 Å². The first-order valence-corrected chi connectivity index (χ1v) is 19.1. The van der Waals surface area contributed by atoms with E-state index in [0.717, 1.165) is 11.1 Å². The van der Waals surface area contributed by atoms with Gasteiger partial charge in [0.1, 0.15) is 11.4 Å². The maximum absolute atomic E-state index is 14.3. The lowest BCUT2D eigenvalue weighted by Gasteiger charge is -2.45. The topological polar surface area (TPSA) is 164 Å². The molecule has 0 spiro atoms. The maximum atomic E-state index is 14.3. The number of hydrogen-bond acceptors (Lipinski definition) is 12. The number of fused-ring (bicyclic) bond motifs is 4. The van der Waals surface area contributed by atoms with E-state index in [9.17, 15) is 19.2 Å². The van der Waals surface area contributed by atoms with Crippen molar-refractivity contribution < 1.29 is 47.2 Å². The molecule has 2 aromatic carbocycles. The van der Waals surface area contributed by atoms with Crippen LogP contribution in [0, 0.1) is 0 Å². The van der Waals surface area contributed by atoms with E-state index < -0.39 is 47.7 Å². The van der Waals surface area contributed by atoms with Crippen LogP contribution < -0.4 is 0 Å². The molecule has 14 nitrogen and oxygen atoms in total. The fraction of sp³-hybridized carbons (Fsp3) is 0.350. The molecule has 6 heterocycles. The molecule has 4 aliphatic heterocycles. The maximum Gasteiger partial charge on any atom is 0.419 e. The lowest BCUT2D eigenvalue weighted by atomic mass is 9.93. The fourth-order valence-corrected chi connectivity index (χ4v) is 9.19. The third-order valence-corrected chi connectivity index (χ3v) is 11.2. The number of aromatic nitrogens is 2. The number of benzene rings is 2. The third kappa shape index (κ3) is 6.20. The van der Waals surface area contributed by atoms with Gasteiger partial charge in [-0.15, -0.1) is 0 Å². The Morgan fingerprint density at radius 3 is 1.45 bits per heavy atom. The number of ether oxygens (including phenoxy) is 4. The van der Waals surface area contributed by atoms with Gasteiger partial charge in [0.15, 0.2) is 11.5 Å². The zero-order valence-corrected chi connectivity index (χ0v) is 31.9. The lowest BCUT2D eigenvalue weighted by Crippen LogP contribution is -2.59. The molecule has 4 aromatic rings. The van der Waals surface area contributed by atoms with Gasteiger partial charge < -0.3 is 28.0 Å². The van der Waals surface area contributed by atoms with Crippen molar-refractivity contribution in [2.24, 2.45) is 0 Å². The predicted molar refractivity (Wildman–Crippen MR) is 200 cm³/mol. The van der Waals surface area contributed by atoms with E-state index in [4.69, 9.17) is 51.2 Å². The number of amides is 2. The van der Waals surface area contributed by atoms with Gasteiger partial charge in [-0.25, -0.2) is 19.2 Å². The highest BCUT2D eigenvalue weighted by atomic mass is 35.5. The van der Waals surface area contributed by atoms with Crippen LogP contribution in [0.15, 0.2) is 91.9 Å². The minimum absolute atomic E-state index is 0.0281. The van der Waals surface area contributed by atoms with Gasteiger partial charge in [0.05, 0.1) is 24.4 Å². The second kappa shape index (κ2) is 14.8. The molecule has 4 atom stereocenters. The van der Waals surface area contributed by atoms with Crippen LogP contribution in [0.1, 0.15) is 63.8 Å². The Bertz CT molecular complexity index is 2100. The Labute approximate surface area is 330 Å². The van der Waals surface area contributed by atoms with E-state index in [0.29, 0.717) is 24.4 Å². The van der Waals surface area contributed by atoms with Gasteiger partial charge in [-0.2, -0.15) is 0 Å². The first kappa shape index (κ1) is 37.3. The molecular weight excluding hydrogens is 767 g/mol. The minimum atomic E-state index is -1.94. The average molecular weight is 804 g/mol. The smallest absolute Gasteiger partial charge is 0.419 e. The normalized spacial score (nSPS) is 24.0. The number of halogens is 2. The van der Waals surface area contributed by atoms with Gasteiger partial charge in [-0.3, -0.25) is 9.80 Å². The molecule has 2 fully saturated rings. The van der Waals surface area contributed by atoms with Crippen molar-refractivity contribution in [3.8, 4) is 22.6 Å². The van der Waals surface area contributed by atoms with Gasteiger partial charge in [-0.1, -0.05) is 94.2 Å². The Hall–Kier alpha value is -5.60. The second-order valence-corrected chi connectivity index (χ2v) is 14.6. The van der Waals surface area contributed by atoms with Gasteiger partial charge >= 0.3 is 24.1 Å². The molecule has 4 unspecified atom stereocenters. The van der Waals surface area contributed by atoms with Crippen molar-refractivity contribution in [1.29, 1.82) is 0 Å². The van der Waals surface area contributed by atoms with Gasteiger partial charge in [-0.05, 0) is 26.7 Å². The van der Waals surface area contributed by atoms with Crippen LogP contribution in [0.5, 0.6) is 0 Å². The number of carbonyl (C=O) groups excluding carboxylic acids is 4. The number of esters is 2. The molecule has 2 saturated heterocycles. The SMILES string of the molecule is CCOC(=O)N1C2CCC1(OC(=O)C(=O)OC13CCC(CC(Cl)=C1c1cc(-c4ccccc4)on1)N3C(=O)OCC)C(c1cc(-c3ccccc3)on1)=C(Cl)C2. The second-order valence-electron chi connectivity index (χ2n) is 13.7. The Morgan fingerprint density at radius 1 is 0.679 bits per heavy atom. The van der Waals surface area contributed by atoms with E-state index >= 15 is 0 Å². The molecule has 0 saturated carbocycles. The first-order valence-electron chi connectivity index (χ1n) is 18.3. The van der Waals surface area contributed by atoms with Gasteiger partial charge in [0, 0.05) is 71.1 Å². The molecule has 0 aliphatic carbocycles. The van der Waals surface area contributed by atoms with Crippen molar-refractivity contribution in [3.63, 3.8) is 0 Å². The molecule has 56 heavy (non-hydrogen) atoms. The standard InChI is InChI=1S/C40H36Cl2N4O10/c1-3-51-37(49)45-25-15-17-39(45,33(27(41)19-25)29-21-31(55-43-29)23-11-7-5-8-12-23)53-35(47)36(48)54-40-18-16-26(46(40)38(50)52-4-2)20-28(42)34(40)30-22-32(56-44-30)24-13-9-6-10-14-24/h5-14,21-22,25-26H,3-4,15-20H2,1-2H3. The van der Waals surface area contributed by atoms with Crippen LogP contribution in [-0.4, -0.2) is 81.0 Å². The summed E-state index contributed by atoms with van der Waals surface area (Å²) < 4.78 is 34.5. The van der Waals surface area contributed by atoms with Crippen molar-refractivity contribution in [2.75, 3.05) is 13.2 Å². The van der Waals surface area contributed by atoms with Crippen molar-refractivity contribution in [2.45, 2.75) is 75.9 Å².